The third kappa shape index (κ3) is 1.75. The van der Waals surface area contributed by atoms with Crippen molar-refractivity contribution < 1.29 is 19.1 Å². The number of hydrogen-bond acceptors (Lipinski definition) is 4. The van der Waals surface area contributed by atoms with Crippen molar-refractivity contribution in [2.45, 2.75) is 13.3 Å². The van der Waals surface area contributed by atoms with Gasteiger partial charge in [0.25, 0.3) is 0 Å². The fourth-order valence-electron chi connectivity index (χ4n) is 3.99. The Hall–Kier alpha value is -2.43. The summed E-state index contributed by atoms with van der Waals surface area (Å²) in [5.41, 5.74) is 0.541. The molecular formula is C17H15NO4. The monoisotopic (exact) mass is 297 g/mol. The van der Waals surface area contributed by atoms with E-state index in [2.05, 4.69) is 12.2 Å². The lowest BCUT2D eigenvalue weighted by atomic mass is 9.85. The molecule has 0 aromatic heterocycles. The minimum Gasteiger partial charge on any atom is -0.427 e. The molecule has 1 aliphatic heterocycles. The highest BCUT2D eigenvalue weighted by atomic mass is 16.5. The van der Waals surface area contributed by atoms with Crippen LogP contribution in [-0.2, 0) is 14.4 Å². The Labute approximate surface area is 127 Å². The smallest absolute Gasteiger partial charge is 0.308 e. The second kappa shape index (κ2) is 4.53. The number of nitrogens with zero attached hydrogens (tertiary/aromatic N) is 1. The number of esters is 1. The summed E-state index contributed by atoms with van der Waals surface area (Å²) >= 11 is 0. The number of amides is 2. The normalized spacial score (nSPS) is 31.8. The average molecular weight is 297 g/mol. The van der Waals surface area contributed by atoms with E-state index in [0.717, 1.165) is 6.42 Å². The molecule has 4 rings (SSSR count). The Balaban J connectivity index is 1.62. The Morgan fingerprint density at radius 1 is 1.05 bits per heavy atom. The molecule has 2 fully saturated rings. The van der Waals surface area contributed by atoms with Gasteiger partial charge in [0.15, 0.2) is 0 Å². The highest BCUT2D eigenvalue weighted by Crippen LogP contribution is 2.53. The van der Waals surface area contributed by atoms with Crippen molar-refractivity contribution in [2.24, 2.45) is 23.7 Å². The molecule has 0 radical (unpaired) electrons. The van der Waals surface area contributed by atoms with Crippen molar-refractivity contribution in [3.05, 3.63) is 36.4 Å². The molecule has 1 saturated heterocycles. The molecule has 1 heterocycles. The topological polar surface area (TPSA) is 63.7 Å². The molecule has 4 atom stereocenters. The summed E-state index contributed by atoms with van der Waals surface area (Å²) in [4.78, 5) is 37.5. The van der Waals surface area contributed by atoms with Crippen LogP contribution in [0.2, 0.25) is 0 Å². The zero-order valence-electron chi connectivity index (χ0n) is 12.1. The van der Waals surface area contributed by atoms with Gasteiger partial charge in [-0.3, -0.25) is 19.3 Å². The van der Waals surface area contributed by atoms with Gasteiger partial charge < -0.3 is 4.74 Å². The van der Waals surface area contributed by atoms with E-state index in [1.165, 1.54) is 11.8 Å². The molecule has 1 saturated carbocycles. The van der Waals surface area contributed by atoms with Gasteiger partial charge in [0.1, 0.15) is 5.75 Å². The number of carbonyl (C=O) groups is 3. The second-order valence-corrected chi connectivity index (χ2v) is 6.10. The predicted octanol–water partition coefficient (Wildman–Crippen LogP) is 1.92. The van der Waals surface area contributed by atoms with Gasteiger partial charge in [0, 0.05) is 6.92 Å². The first-order valence-electron chi connectivity index (χ1n) is 7.41. The van der Waals surface area contributed by atoms with E-state index in [-0.39, 0.29) is 35.5 Å². The molecule has 0 N–H and O–H groups in total. The van der Waals surface area contributed by atoms with Gasteiger partial charge in [0.05, 0.1) is 17.5 Å². The van der Waals surface area contributed by atoms with Crippen LogP contribution in [-0.4, -0.2) is 17.8 Å². The minimum atomic E-state index is -0.404. The van der Waals surface area contributed by atoms with Gasteiger partial charge in [-0.05, 0) is 42.5 Å². The van der Waals surface area contributed by atoms with Crippen LogP contribution in [0.5, 0.6) is 5.75 Å². The third-order valence-corrected chi connectivity index (χ3v) is 4.83. The predicted molar refractivity (Wildman–Crippen MR) is 78.0 cm³/mol. The number of hydrogen-bond donors (Lipinski definition) is 0. The van der Waals surface area contributed by atoms with Crippen LogP contribution in [0, 0.1) is 23.7 Å². The van der Waals surface area contributed by atoms with Crippen LogP contribution >= 0.6 is 0 Å². The van der Waals surface area contributed by atoms with Gasteiger partial charge >= 0.3 is 5.97 Å². The number of carbonyl (C=O) groups excluding carboxylic acids is 3. The fraction of sp³-hybridized carbons (Fsp3) is 0.353. The molecule has 0 spiro atoms. The largest absolute Gasteiger partial charge is 0.427 e. The Bertz CT molecular complexity index is 676. The number of benzene rings is 1. The molecule has 22 heavy (non-hydrogen) atoms. The second-order valence-electron chi connectivity index (χ2n) is 6.10. The van der Waals surface area contributed by atoms with Crippen LogP contribution in [0.25, 0.3) is 0 Å². The first kappa shape index (κ1) is 13.2. The van der Waals surface area contributed by atoms with Gasteiger partial charge in [-0.2, -0.15) is 0 Å². The first-order chi connectivity index (χ1) is 10.6. The Kier molecular flexibility index (Phi) is 2.73. The molecule has 5 heteroatoms. The van der Waals surface area contributed by atoms with E-state index in [9.17, 15) is 14.4 Å². The van der Waals surface area contributed by atoms with Crippen LogP contribution in [0.4, 0.5) is 5.69 Å². The zero-order valence-corrected chi connectivity index (χ0v) is 12.1. The third-order valence-electron chi connectivity index (χ3n) is 4.83. The highest BCUT2D eigenvalue weighted by molar-refractivity contribution is 6.22. The number of rotatable bonds is 2. The van der Waals surface area contributed by atoms with E-state index in [1.54, 1.807) is 24.3 Å². The first-order valence-corrected chi connectivity index (χ1v) is 7.41. The van der Waals surface area contributed by atoms with Crippen LogP contribution in [0.3, 0.4) is 0 Å². The summed E-state index contributed by atoms with van der Waals surface area (Å²) in [5.74, 6) is -0.200. The maximum absolute atomic E-state index is 12.6. The highest BCUT2D eigenvalue weighted by Gasteiger charge is 2.59. The molecule has 5 nitrogen and oxygen atoms in total. The molecule has 2 bridgehead atoms. The summed E-state index contributed by atoms with van der Waals surface area (Å²) in [6.07, 6.45) is 5.07. The van der Waals surface area contributed by atoms with Gasteiger partial charge in [0.2, 0.25) is 11.8 Å². The lowest BCUT2D eigenvalue weighted by Gasteiger charge is -2.17. The summed E-state index contributed by atoms with van der Waals surface area (Å²) in [6, 6.07) is 6.48. The summed E-state index contributed by atoms with van der Waals surface area (Å²) < 4.78 is 4.97. The number of ether oxygens (including phenoxy) is 1. The molecule has 3 aliphatic rings. The number of allylic oxidation sites excluding steroid dienone is 2. The number of anilines is 1. The zero-order chi connectivity index (χ0) is 15.4. The lowest BCUT2D eigenvalue weighted by Crippen LogP contribution is -2.32. The van der Waals surface area contributed by atoms with Crippen LogP contribution in [0.15, 0.2) is 36.4 Å². The Morgan fingerprint density at radius 2 is 1.59 bits per heavy atom. The molecule has 1 aromatic rings. The molecule has 2 amide bonds. The summed E-state index contributed by atoms with van der Waals surface area (Å²) in [6.45, 7) is 1.32. The molecule has 0 unspecified atom stereocenters. The molecule has 2 aliphatic carbocycles. The van der Waals surface area contributed by atoms with Gasteiger partial charge in [-0.15, -0.1) is 0 Å². The molecule has 1 aromatic carbocycles. The number of imide groups is 1. The van der Waals surface area contributed by atoms with E-state index in [0.29, 0.717) is 11.4 Å². The van der Waals surface area contributed by atoms with Crippen molar-refractivity contribution in [2.75, 3.05) is 4.90 Å². The molecular weight excluding hydrogens is 282 g/mol. The van der Waals surface area contributed by atoms with Crippen molar-refractivity contribution in [1.82, 2.24) is 0 Å². The minimum absolute atomic E-state index is 0.105. The van der Waals surface area contributed by atoms with E-state index >= 15 is 0 Å². The SMILES string of the molecule is CC(=O)Oc1ccc(N2C(=O)[C@@H]3[C@@H](C2=O)[C@@H]2C=C[C@@H]3C2)cc1. The summed E-state index contributed by atoms with van der Waals surface area (Å²) in [5, 5.41) is 0. The van der Waals surface area contributed by atoms with Gasteiger partial charge in [-0.1, -0.05) is 12.2 Å². The van der Waals surface area contributed by atoms with E-state index in [4.69, 9.17) is 4.74 Å². The van der Waals surface area contributed by atoms with Crippen LogP contribution in [0.1, 0.15) is 13.3 Å². The Morgan fingerprint density at radius 3 is 2.09 bits per heavy atom. The van der Waals surface area contributed by atoms with Crippen molar-refractivity contribution in [3.63, 3.8) is 0 Å². The summed E-state index contributed by atoms with van der Waals surface area (Å²) in [7, 11) is 0. The molecule has 112 valence electrons. The number of fused-ring (bicyclic) bond motifs is 5. The fourth-order valence-corrected chi connectivity index (χ4v) is 3.99. The van der Waals surface area contributed by atoms with Crippen molar-refractivity contribution >= 4 is 23.5 Å². The van der Waals surface area contributed by atoms with Crippen molar-refractivity contribution in [1.29, 1.82) is 0 Å². The average Bonchev–Trinajstić information content (AvgIpc) is 3.14. The lowest BCUT2D eigenvalue weighted by molar-refractivity contribution is -0.132. The standard InChI is InChI=1S/C17H15NO4/c1-9(19)22-13-6-4-12(5-7-13)18-16(20)14-10-2-3-11(8-10)15(14)17(18)21/h2-7,10-11,14-15H,8H2,1H3/t10-,11-,14+,15+/m1/s1. The van der Waals surface area contributed by atoms with E-state index < -0.39 is 5.97 Å². The van der Waals surface area contributed by atoms with Crippen LogP contribution < -0.4 is 9.64 Å². The maximum Gasteiger partial charge on any atom is 0.308 e. The van der Waals surface area contributed by atoms with Gasteiger partial charge in [-0.25, -0.2) is 0 Å². The maximum atomic E-state index is 12.6. The van der Waals surface area contributed by atoms with Crippen molar-refractivity contribution in [3.8, 4) is 5.75 Å². The quantitative estimate of drug-likeness (QED) is 0.362. The van der Waals surface area contributed by atoms with E-state index in [1.807, 2.05) is 0 Å².